The number of carboxylic acid groups (broad SMARTS) is 1. The molecule has 2 rings (SSSR count). The van der Waals surface area contributed by atoms with Gasteiger partial charge in [0.1, 0.15) is 5.76 Å². The summed E-state index contributed by atoms with van der Waals surface area (Å²) in [6, 6.07) is 6.46. The Morgan fingerprint density at radius 1 is 1.29 bits per heavy atom. The molecular formula is C14H9Br2NO4. The van der Waals surface area contributed by atoms with E-state index in [1.54, 1.807) is 18.2 Å². The van der Waals surface area contributed by atoms with E-state index < -0.39 is 11.9 Å². The first-order valence-electron chi connectivity index (χ1n) is 5.72. The Morgan fingerprint density at radius 2 is 2.05 bits per heavy atom. The normalized spacial score (nSPS) is 10.8. The minimum atomic E-state index is -1.14. The first kappa shape index (κ1) is 15.5. The Morgan fingerprint density at radius 3 is 2.67 bits per heavy atom. The molecule has 0 fully saturated rings. The van der Waals surface area contributed by atoms with Crippen LogP contribution < -0.4 is 5.32 Å². The van der Waals surface area contributed by atoms with Gasteiger partial charge in [0, 0.05) is 15.0 Å². The number of furan rings is 1. The van der Waals surface area contributed by atoms with Crippen molar-refractivity contribution in [2.45, 2.75) is 0 Å². The fourth-order valence-corrected chi connectivity index (χ4v) is 2.90. The highest BCUT2D eigenvalue weighted by Crippen LogP contribution is 2.30. The molecule has 21 heavy (non-hydrogen) atoms. The highest BCUT2D eigenvalue weighted by molar-refractivity contribution is 9.11. The minimum Gasteiger partial charge on any atom is -0.478 e. The van der Waals surface area contributed by atoms with Crippen molar-refractivity contribution >= 4 is 55.5 Å². The number of rotatable bonds is 4. The summed E-state index contributed by atoms with van der Waals surface area (Å²) < 4.78 is 6.12. The first-order valence-corrected chi connectivity index (χ1v) is 7.31. The zero-order valence-electron chi connectivity index (χ0n) is 10.5. The second-order valence-electron chi connectivity index (χ2n) is 3.95. The molecule has 1 aromatic heterocycles. The van der Waals surface area contributed by atoms with Crippen LogP contribution in [0.3, 0.4) is 0 Å². The molecule has 2 N–H and O–H groups in total. The molecule has 0 unspecified atom stereocenters. The molecule has 5 nitrogen and oxygen atoms in total. The molecule has 108 valence electrons. The van der Waals surface area contributed by atoms with E-state index in [9.17, 15) is 14.7 Å². The van der Waals surface area contributed by atoms with Gasteiger partial charge in [0.15, 0.2) is 0 Å². The molecule has 0 saturated heterocycles. The van der Waals surface area contributed by atoms with Gasteiger partial charge in [-0.05, 0) is 46.3 Å². The predicted molar refractivity (Wildman–Crippen MR) is 85.2 cm³/mol. The lowest BCUT2D eigenvalue weighted by Crippen LogP contribution is -2.12. The summed E-state index contributed by atoms with van der Waals surface area (Å²) in [6.45, 7) is 0. The number of hydrogen-bond acceptors (Lipinski definition) is 3. The SMILES string of the molecule is O=C(/C=C/c1ccco1)Nc1c(Br)cc(Br)cc1C(=O)O. The fourth-order valence-electron chi connectivity index (χ4n) is 1.58. The molecule has 0 radical (unpaired) electrons. The predicted octanol–water partition coefficient (Wildman–Crippen LogP) is 4.15. The van der Waals surface area contributed by atoms with Crippen molar-refractivity contribution in [3.05, 3.63) is 56.9 Å². The lowest BCUT2D eigenvalue weighted by Gasteiger charge is -2.10. The van der Waals surface area contributed by atoms with E-state index in [0.29, 0.717) is 14.7 Å². The van der Waals surface area contributed by atoms with Crippen molar-refractivity contribution in [3.63, 3.8) is 0 Å². The second kappa shape index (κ2) is 6.73. The highest BCUT2D eigenvalue weighted by atomic mass is 79.9. The van der Waals surface area contributed by atoms with E-state index in [1.807, 2.05) is 0 Å². The molecule has 0 aliphatic rings. The average molecular weight is 415 g/mol. The number of aromatic carboxylic acids is 1. The topological polar surface area (TPSA) is 79.5 Å². The van der Waals surface area contributed by atoms with Crippen LogP contribution in [0.2, 0.25) is 0 Å². The molecular weight excluding hydrogens is 406 g/mol. The molecule has 0 saturated carbocycles. The smallest absolute Gasteiger partial charge is 0.337 e. The largest absolute Gasteiger partial charge is 0.478 e. The minimum absolute atomic E-state index is 0.0176. The summed E-state index contributed by atoms with van der Waals surface area (Å²) in [4.78, 5) is 23.1. The fraction of sp³-hybridized carbons (Fsp3) is 0. The van der Waals surface area contributed by atoms with Crippen LogP contribution in [-0.4, -0.2) is 17.0 Å². The maximum atomic E-state index is 11.9. The monoisotopic (exact) mass is 413 g/mol. The van der Waals surface area contributed by atoms with Gasteiger partial charge in [-0.15, -0.1) is 0 Å². The van der Waals surface area contributed by atoms with Crippen molar-refractivity contribution in [3.8, 4) is 0 Å². The molecule has 0 spiro atoms. The Kier molecular flexibility index (Phi) is 4.98. The van der Waals surface area contributed by atoms with Gasteiger partial charge in [0.2, 0.25) is 5.91 Å². The Labute approximate surface area is 136 Å². The van der Waals surface area contributed by atoms with E-state index in [-0.39, 0.29) is 11.3 Å². The van der Waals surface area contributed by atoms with E-state index in [4.69, 9.17) is 4.42 Å². The molecule has 7 heteroatoms. The standard InChI is InChI=1S/C14H9Br2NO4/c15-8-6-10(14(19)20)13(11(16)7-8)17-12(18)4-3-9-2-1-5-21-9/h1-7H,(H,17,18)(H,19,20)/b4-3+. The van der Waals surface area contributed by atoms with Gasteiger partial charge in [-0.3, -0.25) is 4.79 Å². The second-order valence-corrected chi connectivity index (χ2v) is 5.72. The Bertz CT molecular complexity index is 708. The van der Waals surface area contributed by atoms with E-state index in [0.717, 1.165) is 0 Å². The summed E-state index contributed by atoms with van der Waals surface area (Å²) in [7, 11) is 0. The van der Waals surface area contributed by atoms with Crippen molar-refractivity contribution in [2.75, 3.05) is 5.32 Å². The van der Waals surface area contributed by atoms with Gasteiger partial charge in [0.25, 0.3) is 0 Å². The summed E-state index contributed by atoms with van der Waals surface area (Å²) in [6.07, 6.45) is 4.24. The summed E-state index contributed by atoms with van der Waals surface area (Å²) in [5.41, 5.74) is 0.177. The van der Waals surface area contributed by atoms with Crippen LogP contribution in [-0.2, 0) is 4.79 Å². The van der Waals surface area contributed by atoms with Gasteiger partial charge in [-0.2, -0.15) is 0 Å². The van der Waals surface area contributed by atoms with Crippen LogP contribution in [0.1, 0.15) is 16.1 Å². The third-order valence-electron chi connectivity index (χ3n) is 2.48. The van der Waals surface area contributed by atoms with Gasteiger partial charge in [-0.1, -0.05) is 15.9 Å². The maximum absolute atomic E-state index is 11.9. The molecule has 1 amide bonds. The van der Waals surface area contributed by atoms with Crippen LogP contribution >= 0.6 is 31.9 Å². The third-order valence-corrected chi connectivity index (χ3v) is 3.56. The number of halogens is 2. The van der Waals surface area contributed by atoms with E-state index in [1.165, 1.54) is 24.5 Å². The lowest BCUT2D eigenvalue weighted by atomic mass is 10.2. The number of carbonyl (C=O) groups excluding carboxylic acids is 1. The first-order chi connectivity index (χ1) is 9.97. The van der Waals surface area contributed by atoms with Crippen LogP contribution in [0.15, 0.2) is 50.0 Å². The average Bonchev–Trinajstić information content (AvgIpc) is 2.92. The summed E-state index contributed by atoms with van der Waals surface area (Å²) in [5.74, 6) is -1.07. The highest BCUT2D eigenvalue weighted by Gasteiger charge is 2.16. The molecule has 0 aliphatic carbocycles. The van der Waals surface area contributed by atoms with Crippen LogP contribution in [0.25, 0.3) is 6.08 Å². The zero-order valence-corrected chi connectivity index (χ0v) is 13.6. The van der Waals surface area contributed by atoms with Gasteiger partial charge in [-0.25, -0.2) is 4.79 Å². The number of benzene rings is 1. The number of anilines is 1. The summed E-state index contributed by atoms with van der Waals surface area (Å²) in [5, 5.41) is 11.7. The molecule has 1 heterocycles. The zero-order chi connectivity index (χ0) is 15.4. The van der Waals surface area contributed by atoms with E-state index >= 15 is 0 Å². The lowest BCUT2D eigenvalue weighted by molar-refractivity contribution is -0.111. The van der Waals surface area contributed by atoms with Gasteiger partial charge >= 0.3 is 5.97 Å². The van der Waals surface area contributed by atoms with Gasteiger partial charge in [0.05, 0.1) is 17.5 Å². The molecule has 0 bridgehead atoms. The van der Waals surface area contributed by atoms with Crippen molar-refractivity contribution < 1.29 is 19.1 Å². The number of nitrogens with one attached hydrogen (secondary N) is 1. The quantitative estimate of drug-likeness (QED) is 0.736. The van der Waals surface area contributed by atoms with E-state index in [2.05, 4.69) is 37.2 Å². The van der Waals surface area contributed by atoms with Crippen LogP contribution in [0.4, 0.5) is 5.69 Å². The van der Waals surface area contributed by atoms with Crippen molar-refractivity contribution in [1.29, 1.82) is 0 Å². The number of hydrogen-bond donors (Lipinski definition) is 2. The number of carbonyl (C=O) groups is 2. The molecule has 0 atom stereocenters. The Hall–Kier alpha value is -1.86. The maximum Gasteiger partial charge on any atom is 0.337 e. The van der Waals surface area contributed by atoms with Crippen molar-refractivity contribution in [2.24, 2.45) is 0 Å². The van der Waals surface area contributed by atoms with Crippen molar-refractivity contribution in [1.82, 2.24) is 0 Å². The Balaban J connectivity index is 2.23. The van der Waals surface area contributed by atoms with Gasteiger partial charge < -0.3 is 14.8 Å². The third kappa shape index (κ3) is 4.05. The molecule has 2 aromatic rings. The summed E-state index contributed by atoms with van der Waals surface area (Å²) >= 11 is 6.44. The van der Waals surface area contributed by atoms with Crippen LogP contribution in [0, 0.1) is 0 Å². The van der Waals surface area contributed by atoms with Crippen LogP contribution in [0.5, 0.6) is 0 Å². The molecule has 1 aromatic carbocycles. The number of amides is 1. The molecule has 0 aliphatic heterocycles. The number of carboxylic acids is 1.